The van der Waals surface area contributed by atoms with Crippen LogP contribution in [0, 0.1) is 18.6 Å². The van der Waals surface area contributed by atoms with Crippen molar-refractivity contribution >= 4 is 45.5 Å². The van der Waals surface area contributed by atoms with Crippen molar-refractivity contribution in [2.24, 2.45) is 5.73 Å². The topological polar surface area (TPSA) is 150 Å². The number of nitrogens with two attached hydrogens (primary N) is 1. The van der Waals surface area contributed by atoms with Gasteiger partial charge in [-0.1, -0.05) is 6.58 Å². The van der Waals surface area contributed by atoms with Crippen molar-refractivity contribution in [3.05, 3.63) is 71.6 Å². The van der Waals surface area contributed by atoms with Gasteiger partial charge in [-0.3, -0.25) is 9.59 Å². The van der Waals surface area contributed by atoms with Crippen molar-refractivity contribution in [1.82, 2.24) is 4.98 Å². The Morgan fingerprint density at radius 1 is 1.11 bits per heavy atom. The summed E-state index contributed by atoms with van der Waals surface area (Å²) in [6.45, 7) is 5.68. The number of aryl methyl sites for hydroxylation is 1. The lowest BCUT2D eigenvalue weighted by molar-refractivity contribution is -0.111. The van der Waals surface area contributed by atoms with Crippen LogP contribution in [-0.4, -0.2) is 50.1 Å². The normalized spacial score (nSPS) is 13.2. The summed E-state index contributed by atoms with van der Waals surface area (Å²) in [5, 5.41) is 9.25. The van der Waals surface area contributed by atoms with E-state index in [1.54, 1.807) is 18.2 Å². The number of ketones is 1. The molecule has 13 heteroatoms. The van der Waals surface area contributed by atoms with Crippen LogP contribution in [0.2, 0.25) is 0 Å². The van der Waals surface area contributed by atoms with Gasteiger partial charge in [0.1, 0.15) is 23.7 Å². The van der Waals surface area contributed by atoms with Gasteiger partial charge in [-0.05, 0) is 43.5 Å². The van der Waals surface area contributed by atoms with E-state index in [4.69, 9.17) is 24.4 Å². The maximum atomic E-state index is 15.1. The zero-order valence-electron chi connectivity index (χ0n) is 24.5. The number of rotatable bonds is 12. The van der Waals surface area contributed by atoms with E-state index in [0.717, 1.165) is 30.5 Å². The van der Waals surface area contributed by atoms with Crippen LogP contribution in [0.15, 0.2) is 47.5 Å². The number of fused-ring (bicyclic) bond motifs is 1. The van der Waals surface area contributed by atoms with E-state index in [1.807, 2.05) is 6.92 Å². The van der Waals surface area contributed by atoms with Crippen LogP contribution in [0.25, 0.3) is 11.0 Å². The Balaban J connectivity index is 1.53. The highest BCUT2D eigenvalue weighted by molar-refractivity contribution is 6.15. The number of carbonyl (C=O) groups is 2. The van der Waals surface area contributed by atoms with Crippen molar-refractivity contribution in [3.63, 3.8) is 0 Å². The minimum atomic E-state index is -1.20. The number of hydrogen-bond acceptors (Lipinski definition) is 10. The molecule has 0 unspecified atom stereocenters. The third kappa shape index (κ3) is 5.73. The van der Waals surface area contributed by atoms with E-state index < -0.39 is 28.9 Å². The maximum Gasteiger partial charge on any atom is 0.247 e. The third-order valence-corrected chi connectivity index (χ3v) is 7.26. The molecule has 0 bridgehead atoms. The molecule has 230 valence electrons. The van der Waals surface area contributed by atoms with Gasteiger partial charge >= 0.3 is 0 Å². The predicted molar refractivity (Wildman–Crippen MR) is 161 cm³/mol. The molecule has 5 rings (SSSR count). The summed E-state index contributed by atoms with van der Waals surface area (Å²) >= 11 is 0. The first-order valence-electron chi connectivity index (χ1n) is 13.5. The van der Waals surface area contributed by atoms with Crippen molar-refractivity contribution < 1.29 is 37.0 Å². The second-order valence-corrected chi connectivity index (χ2v) is 10.4. The van der Waals surface area contributed by atoms with Crippen LogP contribution in [0.3, 0.4) is 0 Å². The molecule has 0 atom stereocenters. The molecule has 1 aliphatic carbocycles. The van der Waals surface area contributed by atoms with Gasteiger partial charge in [-0.15, -0.1) is 0 Å². The molecule has 0 radical (unpaired) electrons. The first-order valence-corrected chi connectivity index (χ1v) is 13.5. The van der Waals surface area contributed by atoms with Crippen LogP contribution in [0.5, 0.6) is 17.2 Å². The Kier molecular flexibility index (Phi) is 8.15. The predicted octanol–water partition coefficient (Wildman–Crippen LogP) is 5.44. The first kappa shape index (κ1) is 30.3. The van der Waals surface area contributed by atoms with Crippen LogP contribution in [-0.2, 0) is 4.79 Å². The summed E-state index contributed by atoms with van der Waals surface area (Å²) in [5.41, 5.74) is 6.93. The SMILES string of the molecule is C=CC(=O)Nc1cc(OCC2(N)CC2)cc(C)c1Nc1cc2c(NC)c(C(=O)c3c(F)c(OC)cc(OC)c3F)oc2cn1. The molecule has 0 saturated heterocycles. The van der Waals surface area contributed by atoms with Gasteiger partial charge < -0.3 is 40.3 Å². The molecule has 4 aromatic rings. The van der Waals surface area contributed by atoms with Crippen LogP contribution in [0.4, 0.5) is 31.7 Å². The van der Waals surface area contributed by atoms with Crippen molar-refractivity contribution in [3.8, 4) is 17.2 Å². The lowest BCUT2D eigenvalue weighted by Gasteiger charge is -2.18. The molecular formula is C31H31F2N5O6. The molecule has 5 N–H and O–H groups in total. The minimum absolute atomic E-state index is 0.174. The fraction of sp³-hybridized carbons (Fsp3) is 0.258. The van der Waals surface area contributed by atoms with Gasteiger partial charge in [-0.2, -0.15) is 0 Å². The monoisotopic (exact) mass is 607 g/mol. The highest BCUT2D eigenvalue weighted by Gasteiger charge is 2.39. The van der Waals surface area contributed by atoms with E-state index in [2.05, 4.69) is 27.5 Å². The van der Waals surface area contributed by atoms with E-state index >= 15 is 8.78 Å². The van der Waals surface area contributed by atoms with Gasteiger partial charge in [-0.25, -0.2) is 13.8 Å². The molecule has 1 amide bonds. The van der Waals surface area contributed by atoms with E-state index in [9.17, 15) is 9.59 Å². The number of methoxy groups -OCH3 is 2. The lowest BCUT2D eigenvalue weighted by Crippen LogP contribution is -2.29. The number of nitrogens with zero attached hydrogens (tertiary/aromatic N) is 1. The van der Waals surface area contributed by atoms with Gasteiger partial charge in [0.15, 0.2) is 34.5 Å². The first-order chi connectivity index (χ1) is 21.0. The Morgan fingerprint density at radius 3 is 2.39 bits per heavy atom. The van der Waals surface area contributed by atoms with E-state index in [-0.39, 0.29) is 34.1 Å². The third-order valence-electron chi connectivity index (χ3n) is 7.26. The van der Waals surface area contributed by atoms with Gasteiger partial charge in [0, 0.05) is 24.6 Å². The van der Waals surface area contributed by atoms with Crippen molar-refractivity contribution in [2.75, 3.05) is 43.8 Å². The highest BCUT2D eigenvalue weighted by Crippen LogP contribution is 2.40. The average molecular weight is 608 g/mol. The Labute approximate surface area is 251 Å². The standard InChI is InChI=1S/C31H31F2N5O6/c1-6-23(39)37-18-10-16(43-14-31(34)7-8-31)9-15(2)27(18)38-22-11-17-21(13-36-22)44-30(28(17)35-3)29(40)24-25(32)19(41-4)12-20(42-5)26(24)33/h6,9-13,35H,1,7-8,14,34H2,2-5H3,(H,36,38)(H,37,39). The molecule has 0 aliphatic heterocycles. The molecule has 2 aromatic heterocycles. The number of amides is 1. The summed E-state index contributed by atoms with van der Waals surface area (Å²) in [4.78, 5) is 30.1. The number of anilines is 4. The quantitative estimate of drug-likeness (QED) is 0.121. The van der Waals surface area contributed by atoms with E-state index in [0.29, 0.717) is 34.9 Å². The molecule has 1 saturated carbocycles. The molecule has 11 nitrogen and oxygen atoms in total. The summed E-state index contributed by atoms with van der Waals surface area (Å²) in [7, 11) is 3.90. The Morgan fingerprint density at radius 2 is 1.80 bits per heavy atom. The second-order valence-electron chi connectivity index (χ2n) is 10.4. The van der Waals surface area contributed by atoms with Crippen LogP contribution >= 0.6 is 0 Å². The van der Waals surface area contributed by atoms with Crippen molar-refractivity contribution in [1.29, 1.82) is 0 Å². The summed E-state index contributed by atoms with van der Waals surface area (Å²) in [6.07, 6.45) is 4.27. The number of aromatic nitrogens is 1. The Bertz CT molecular complexity index is 1770. The second kappa shape index (κ2) is 11.8. The van der Waals surface area contributed by atoms with Gasteiger partial charge in [0.25, 0.3) is 0 Å². The lowest BCUT2D eigenvalue weighted by atomic mass is 10.0. The number of ether oxygens (including phenoxy) is 3. The van der Waals surface area contributed by atoms with Gasteiger partial charge in [0.05, 0.1) is 43.0 Å². The largest absolute Gasteiger partial charge is 0.494 e. The maximum absolute atomic E-state index is 15.1. The molecule has 1 fully saturated rings. The average Bonchev–Trinajstić information content (AvgIpc) is 3.63. The number of furan rings is 1. The van der Waals surface area contributed by atoms with Crippen molar-refractivity contribution in [2.45, 2.75) is 25.3 Å². The van der Waals surface area contributed by atoms with Crippen LogP contribution < -0.4 is 35.9 Å². The smallest absolute Gasteiger partial charge is 0.247 e. The minimum Gasteiger partial charge on any atom is -0.494 e. The molecule has 2 heterocycles. The molecule has 1 aliphatic rings. The molecule has 44 heavy (non-hydrogen) atoms. The number of pyridine rings is 1. The number of halogens is 2. The number of benzene rings is 2. The fourth-order valence-corrected chi connectivity index (χ4v) is 4.62. The number of nitrogens with one attached hydrogen (secondary N) is 3. The Hall–Kier alpha value is -5.17. The summed E-state index contributed by atoms with van der Waals surface area (Å²) in [6, 6.07) is 6.07. The van der Waals surface area contributed by atoms with Gasteiger partial charge in [0.2, 0.25) is 11.7 Å². The molecule has 0 spiro atoms. The molecule has 2 aromatic carbocycles. The van der Waals surface area contributed by atoms with Crippen LogP contribution in [0.1, 0.15) is 34.5 Å². The fourth-order valence-electron chi connectivity index (χ4n) is 4.62. The zero-order chi connectivity index (χ0) is 31.8. The number of hydrogen-bond donors (Lipinski definition) is 4. The van der Waals surface area contributed by atoms with E-state index in [1.165, 1.54) is 27.5 Å². The summed E-state index contributed by atoms with van der Waals surface area (Å²) in [5.74, 6) is -4.15. The molecular weight excluding hydrogens is 576 g/mol. The highest BCUT2D eigenvalue weighted by atomic mass is 19.1. The zero-order valence-corrected chi connectivity index (χ0v) is 24.5. The summed E-state index contributed by atoms with van der Waals surface area (Å²) < 4.78 is 51.8. The number of carbonyl (C=O) groups excluding carboxylic acids is 2.